The van der Waals surface area contributed by atoms with Crippen molar-refractivity contribution in [1.29, 1.82) is 0 Å². The molecule has 0 amide bonds. The molecule has 1 aromatic rings. The molecule has 0 spiro atoms. The Kier molecular flexibility index (Phi) is 10.4. The molecule has 0 aliphatic rings. The molecule has 0 radical (unpaired) electrons. The van der Waals surface area contributed by atoms with E-state index in [2.05, 4.69) is 6.58 Å². The lowest BCUT2D eigenvalue weighted by atomic mass is 10.2. The smallest absolute Gasteiger partial charge is 0.333 e. The number of carbonyl (C=O) groups is 1. The summed E-state index contributed by atoms with van der Waals surface area (Å²) in [5, 5.41) is 0. The monoisotopic (exact) mass is 414 g/mol. The molecule has 0 fully saturated rings. The van der Waals surface area contributed by atoms with E-state index in [1.165, 1.54) is 12.1 Å². The van der Waals surface area contributed by atoms with E-state index in [-0.39, 0.29) is 30.3 Å². The van der Waals surface area contributed by atoms with Crippen LogP contribution in [0.15, 0.2) is 41.3 Å². The van der Waals surface area contributed by atoms with Crippen molar-refractivity contribution in [3.63, 3.8) is 0 Å². The van der Waals surface area contributed by atoms with Crippen LogP contribution in [0, 0.1) is 6.92 Å². The van der Waals surface area contributed by atoms with E-state index in [4.69, 9.17) is 18.4 Å². The van der Waals surface area contributed by atoms with Gasteiger partial charge in [0.25, 0.3) is 10.1 Å². The molecule has 0 aliphatic heterocycles. The molecule has 0 saturated heterocycles. The highest BCUT2D eigenvalue weighted by molar-refractivity contribution is 7.86. The Bertz CT molecular complexity index is 725. The topological polar surface area (TPSA) is 88.1 Å². The lowest BCUT2D eigenvalue weighted by molar-refractivity contribution is -0.143. The zero-order chi connectivity index (χ0) is 21.2. The summed E-state index contributed by atoms with van der Waals surface area (Å²) in [6.45, 7) is 11.5. The number of carbonyl (C=O) groups excluding carboxylic acids is 1. The van der Waals surface area contributed by atoms with E-state index in [0.29, 0.717) is 25.2 Å². The van der Waals surface area contributed by atoms with Gasteiger partial charge >= 0.3 is 5.97 Å². The van der Waals surface area contributed by atoms with Gasteiger partial charge in [-0.05, 0) is 46.2 Å². The fourth-order valence-corrected chi connectivity index (χ4v) is 2.94. The van der Waals surface area contributed by atoms with E-state index < -0.39 is 16.1 Å². The zero-order valence-electron chi connectivity index (χ0n) is 17.0. The molecule has 2 atom stereocenters. The van der Waals surface area contributed by atoms with Crippen LogP contribution >= 0.6 is 0 Å². The number of esters is 1. The highest BCUT2D eigenvalue weighted by Crippen LogP contribution is 2.13. The number of ether oxygens (including phenoxy) is 3. The Labute approximate surface area is 167 Å². The molecule has 2 unspecified atom stereocenters. The third-order valence-corrected chi connectivity index (χ3v) is 4.98. The number of benzene rings is 1. The Hall–Kier alpha value is -1.74. The second-order valence-electron chi connectivity index (χ2n) is 6.65. The van der Waals surface area contributed by atoms with Gasteiger partial charge in [-0.15, -0.1) is 0 Å². The van der Waals surface area contributed by atoms with Crippen molar-refractivity contribution in [3.8, 4) is 0 Å². The van der Waals surface area contributed by atoms with Crippen molar-refractivity contribution >= 4 is 16.1 Å². The molecule has 1 rings (SSSR count). The predicted octanol–water partition coefficient (Wildman–Crippen LogP) is 3.02. The summed E-state index contributed by atoms with van der Waals surface area (Å²) in [6, 6.07) is 6.49. The lowest BCUT2D eigenvalue weighted by Gasteiger charge is -2.17. The van der Waals surface area contributed by atoms with Gasteiger partial charge in [0.2, 0.25) is 0 Å². The minimum atomic E-state index is -3.75. The molecule has 0 bridgehead atoms. The van der Waals surface area contributed by atoms with Crippen molar-refractivity contribution in [3.05, 3.63) is 42.0 Å². The first-order valence-corrected chi connectivity index (χ1v) is 10.5. The predicted molar refractivity (Wildman–Crippen MR) is 106 cm³/mol. The number of hydrogen-bond donors (Lipinski definition) is 0. The van der Waals surface area contributed by atoms with Crippen LogP contribution in [0.4, 0.5) is 0 Å². The summed E-state index contributed by atoms with van der Waals surface area (Å²) in [4.78, 5) is 11.4. The molecule has 1 aromatic carbocycles. The summed E-state index contributed by atoms with van der Waals surface area (Å²) in [5.41, 5.74) is 1.32. The van der Waals surface area contributed by atoms with Gasteiger partial charge in [0.1, 0.15) is 6.61 Å². The summed E-state index contributed by atoms with van der Waals surface area (Å²) in [7, 11) is -3.75. The normalized spacial score (nSPS) is 13.7. The van der Waals surface area contributed by atoms with Gasteiger partial charge in [0, 0.05) is 12.2 Å². The summed E-state index contributed by atoms with van der Waals surface area (Å²) < 4.78 is 45.2. The van der Waals surface area contributed by atoms with Crippen LogP contribution in [0.25, 0.3) is 0 Å². The van der Waals surface area contributed by atoms with Gasteiger partial charge in [0.05, 0.1) is 30.3 Å². The van der Waals surface area contributed by atoms with Crippen molar-refractivity contribution in [2.24, 2.45) is 0 Å². The Balaban J connectivity index is 2.17. The fraction of sp³-hybridized carbons (Fsp3) is 0.550. The average molecular weight is 415 g/mol. The van der Waals surface area contributed by atoms with E-state index in [9.17, 15) is 13.2 Å². The number of rotatable bonds is 13. The molecule has 7 nitrogen and oxygen atoms in total. The zero-order valence-corrected chi connectivity index (χ0v) is 17.8. The van der Waals surface area contributed by atoms with Crippen LogP contribution in [-0.4, -0.2) is 53.0 Å². The summed E-state index contributed by atoms with van der Waals surface area (Å²) in [6.07, 6.45) is -0.0216. The van der Waals surface area contributed by atoms with Gasteiger partial charge < -0.3 is 14.2 Å². The van der Waals surface area contributed by atoms with Crippen molar-refractivity contribution in [1.82, 2.24) is 0 Å². The molecule has 0 aliphatic carbocycles. The highest BCUT2D eigenvalue weighted by atomic mass is 32.2. The molecule has 0 saturated carbocycles. The van der Waals surface area contributed by atoms with Gasteiger partial charge in [-0.2, -0.15) is 8.42 Å². The standard InChI is InChI=1S/C20H30O7S/c1-15(2)20(21)26-14-18(5)25-13-17(4)24-11-6-12-27-28(22,23)19-9-7-16(3)8-10-19/h7-10,17-18H,1,6,11-14H2,2-5H3. The molecule has 0 heterocycles. The maximum atomic E-state index is 12.0. The Morgan fingerprint density at radius 2 is 1.64 bits per heavy atom. The van der Waals surface area contributed by atoms with Crippen LogP contribution in [0.1, 0.15) is 32.8 Å². The van der Waals surface area contributed by atoms with Gasteiger partial charge in [-0.25, -0.2) is 4.79 Å². The lowest BCUT2D eigenvalue weighted by Crippen LogP contribution is -2.25. The Morgan fingerprint density at radius 1 is 1.04 bits per heavy atom. The SMILES string of the molecule is C=C(C)C(=O)OCC(C)OCC(C)OCCCOS(=O)(=O)c1ccc(C)cc1. The fourth-order valence-electron chi connectivity index (χ4n) is 2.00. The molecule has 158 valence electrons. The van der Waals surface area contributed by atoms with Gasteiger partial charge in [-0.1, -0.05) is 24.3 Å². The van der Waals surface area contributed by atoms with Crippen LogP contribution in [0.3, 0.4) is 0 Å². The van der Waals surface area contributed by atoms with Crippen molar-refractivity contribution in [2.45, 2.75) is 51.2 Å². The minimum absolute atomic E-state index is 0.0387. The molecule has 28 heavy (non-hydrogen) atoms. The van der Waals surface area contributed by atoms with Gasteiger partial charge in [-0.3, -0.25) is 4.18 Å². The molecule has 8 heteroatoms. The largest absolute Gasteiger partial charge is 0.460 e. The van der Waals surface area contributed by atoms with Gasteiger partial charge in [0.15, 0.2) is 0 Å². The number of aryl methyl sites for hydroxylation is 1. The van der Waals surface area contributed by atoms with Crippen molar-refractivity contribution in [2.75, 3.05) is 26.4 Å². The minimum Gasteiger partial charge on any atom is -0.460 e. The molecular weight excluding hydrogens is 384 g/mol. The molecule has 0 aromatic heterocycles. The second kappa shape index (κ2) is 12.0. The highest BCUT2D eigenvalue weighted by Gasteiger charge is 2.15. The third-order valence-electron chi connectivity index (χ3n) is 3.65. The first-order chi connectivity index (χ1) is 13.1. The third kappa shape index (κ3) is 9.45. The van der Waals surface area contributed by atoms with Crippen LogP contribution < -0.4 is 0 Å². The van der Waals surface area contributed by atoms with E-state index in [1.54, 1.807) is 26.0 Å². The van der Waals surface area contributed by atoms with E-state index in [0.717, 1.165) is 5.56 Å². The first kappa shape index (κ1) is 24.3. The Morgan fingerprint density at radius 3 is 2.25 bits per heavy atom. The van der Waals surface area contributed by atoms with Crippen molar-refractivity contribution < 1.29 is 31.6 Å². The maximum absolute atomic E-state index is 12.0. The summed E-state index contributed by atoms with van der Waals surface area (Å²) >= 11 is 0. The average Bonchev–Trinajstić information content (AvgIpc) is 2.64. The maximum Gasteiger partial charge on any atom is 0.333 e. The van der Waals surface area contributed by atoms with Crippen LogP contribution in [0.2, 0.25) is 0 Å². The van der Waals surface area contributed by atoms with Crippen LogP contribution in [-0.2, 0) is 33.3 Å². The molecule has 0 N–H and O–H groups in total. The summed E-state index contributed by atoms with van der Waals surface area (Å²) in [5.74, 6) is -0.444. The van der Waals surface area contributed by atoms with E-state index >= 15 is 0 Å². The van der Waals surface area contributed by atoms with Crippen LogP contribution in [0.5, 0.6) is 0 Å². The number of hydrogen-bond acceptors (Lipinski definition) is 7. The quantitative estimate of drug-likeness (QED) is 0.212. The first-order valence-electron chi connectivity index (χ1n) is 9.13. The van der Waals surface area contributed by atoms with E-state index in [1.807, 2.05) is 13.8 Å². The second-order valence-corrected chi connectivity index (χ2v) is 8.26. The molecular formula is C20H30O7S.